The van der Waals surface area contributed by atoms with E-state index in [1.165, 1.54) is 154 Å². The topological polar surface area (TPSA) is 111 Å². The molecule has 9 heteroatoms. The fraction of sp³-hybridized carbons (Fsp3) is 0.817. The van der Waals surface area contributed by atoms with Crippen molar-refractivity contribution in [2.45, 2.75) is 270 Å². The zero-order chi connectivity index (χ0) is 50.6. The van der Waals surface area contributed by atoms with Crippen molar-refractivity contribution in [1.82, 2.24) is 0 Å². The van der Waals surface area contributed by atoms with Crippen LogP contribution in [-0.4, -0.2) is 82.3 Å². The van der Waals surface area contributed by atoms with E-state index in [0.29, 0.717) is 17.4 Å². The highest BCUT2D eigenvalue weighted by Gasteiger charge is 2.22. The molecule has 0 amide bonds. The summed E-state index contributed by atoms with van der Waals surface area (Å²) in [6.45, 7) is 4.70. The number of unbranched alkanes of at least 4 members (excludes halogenated alkanes) is 30. The van der Waals surface area contributed by atoms with Crippen LogP contribution >= 0.6 is 0 Å². The number of esters is 2. The maximum absolute atomic E-state index is 12.8. The molecule has 0 fully saturated rings. The van der Waals surface area contributed by atoms with E-state index in [2.05, 4.69) is 62.5 Å². The Morgan fingerprint density at radius 2 is 0.797 bits per heavy atom. The number of nitrogens with zero attached hydrogens (tertiary/aromatic N) is 1. The maximum atomic E-state index is 12.8. The first-order valence-electron chi connectivity index (χ1n) is 28.8. The fourth-order valence-electron chi connectivity index (χ4n) is 8.05. The molecule has 2 unspecified atom stereocenters. The summed E-state index contributed by atoms with van der Waals surface area (Å²) in [5, 5.41) is 11.7. The van der Waals surface area contributed by atoms with Crippen LogP contribution in [0.3, 0.4) is 0 Å². The second kappa shape index (κ2) is 51.6. The molecule has 0 radical (unpaired) electrons. The van der Waals surface area contributed by atoms with E-state index in [9.17, 15) is 19.5 Å². The summed E-state index contributed by atoms with van der Waals surface area (Å²) in [7, 11) is 5.92. The van der Waals surface area contributed by atoms with E-state index in [1.54, 1.807) is 0 Å². The lowest BCUT2D eigenvalue weighted by Gasteiger charge is -2.26. The van der Waals surface area contributed by atoms with Gasteiger partial charge in [-0.25, -0.2) is 0 Å². The second-order valence-electron chi connectivity index (χ2n) is 20.6. The molecule has 0 spiro atoms. The smallest absolute Gasteiger partial charge is 0.306 e. The molecule has 2 atom stereocenters. The highest BCUT2D eigenvalue weighted by atomic mass is 16.7. The Balaban J connectivity index is 4.05. The average molecular weight is 973 g/mol. The van der Waals surface area contributed by atoms with Crippen LogP contribution in [0.5, 0.6) is 0 Å². The van der Waals surface area contributed by atoms with Gasteiger partial charge < -0.3 is 33.3 Å². The molecule has 0 heterocycles. The van der Waals surface area contributed by atoms with E-state index >= 15 is 0 Å². The van der Waals surface area contributed by atoms with Gasteiger partial charge in [0.05, 0.1) is 40.3 Å². The lowest BCUT2D eigenvalue weighted by molar-refractivity contribution is -0.870. The number of carboxylic acids is 1. The number of carbonyl (C=O) groups is 3. The Kier molecular flexibility index (Phi) is 49.5. The molecule has 9 nitrogen and oxygen atoms in total. The van der Waals surface area contributed by atoms with Gasteiger partial charge in [-0.05, 0) is 70.6 Å². The van der Waals surface area contributed by atoms with Gasteiger partial charge in [0.1, 0.15) is 13.2 Å². The van der Waals surface area contributed by atoms with Gasteiger partial charge in [0, 0.05) is 12.8 Å². The molecular weight excluding hydrogens is 863 g/mol. The zero-order valence-electron chi connectivity index (χ0n) is 45.7. The van der Waals surface area contributed by atoms with Crippen molar-refractivity contribution >= 4 is 17.9 Å². The summed E-state index contributed by atoms with van der Waals surface area (Å²) < 4.78 is 22.6. The molecule has 0 saturated carbocycles. The average Bonchev–Trinajstić information content (AvgIpc) is 3.31. The molecule has 0 saturated heterocycles. The third-order valence-corrected chi connectivity index (χ3v) is 12.5. The summed E-state index contributed by atoms with van der Waals surface area (Å²) in [5.74, 6) is -2.29. The van der Waals surface area contributed by atoms with E-state index in [4.69, 9.17) is 18.9 Å². The van der Waals surface area contributed by atoms with Gasteiger partial charge in [-0.3, -0.25) is 9.59 Å². The van der Waals surface area contributed by atoms with Crippen molar-refractivity contribution in [3.8, 4) is 0 Å². The minimum absolute atomic E-state index is 0.147. The van der Waals surface area contributed by atoms with Crippen LogP contribution in [0, 0.1) is 0 Å². The number of rotatable bonds is 53. The number of hydrogen-bond acceptors (Lipinski definition) is 8. The lowest BCUT2D eigenvalue weighted by atomic mass is 10.0. The fourth-order valence-corrected chi connectivity index (χ4v) is 8.05. The monoisotopic (exact) mass is 972 g/mol. The molecule has 0 bridgehead atoms. The second-order valence-corrected chi connectivity index (χ2v) is 20.6. The Bertz CT molecular complexity index is 1270. The minimum Gasteiger partial charge on any atom is -0.545 e. The molecule has 0 aliphatic carbocycles. The van der Waals surface area contributed by atoms with Gasteiger partial charge in [-0.2, -0.15) is 0 Å². The largest absolute Gasteiger partial charge is 0.545 e. The first kappa shape index (κ1) is 66.2. The summed E-state index contributed by atoms with van der Waals surface area (Å²) in [4.78, 5) is 37.1. The van der Waals surface area contributed by atoms with E-state index in [0.717, 1.165) is 70.6 Å². The van der Waals surface area contributed by atoms with Crippen LogP contribution in [0.1, 0.15) is 258 Å². The summed E-state index contributed by atoms with van der Waals surface area (Å²) in [6.07, 6.45) is 60.4. The molecule has 0 aliphatic heterocycles. The zero-order valence-corrected chi connectivity index (χ0v) is 45.7. The summed E-state index contributed by atoms with van der Waals surface area (Å²) in [6, 6.07) is 0. The number of allylic oxidation sites excluding steroid dienone is 8. The van der Waals surface area contributed by atoms with Crippen LogP contribution < -0.4 is 5.11 Å². The quantitative estimate of drug-likeness (QED) is 0.0195. The van der Waals surface area contributed by atoms with Gasteiger partial charge in [0.15, 0.2) is 12.4 Å². The predicted molar refractivity (Wildman–Crippen MR) is 288 cm³/mol. The SMILES string of the molecule is CCCC/C=C\CCCCCCCC(=O)OCC(COC(OCC[N+](C)(C)C)C(=O)[O-])OC(=O)CCCCCCCCCCCCCCCCCCCC/C=C\C/C=C\C/C=C\CCCCCCC. The molecule has 0 aromatic heterocycles. The van der Waals surface area contributed by atoms with Gasteiger partial charge in [-0.1, -0.05) is 223 Å². The number of quaternary nitrogens is 1. The van der Waals surface area contributed by atoms with Crippen molar-refractivity contribution in [2.75, 3.05) is 47.5 Å². The molecule has 0 aromatic carbocycles. The van der Waals surface area contributed by atoms with Crippen molar-refractivity contribution in [3.05, 3.63) is 48.6 Å². The molecular formula is C60H109NO8. The minimum atomic E-state index is -1.62. The number of ether oxygens (including phenoxy) is 4. The molecule has 0 aliphatic rings. The van der Waals surface area contributed by atoms with Gasteiger partial charge in [0.25, 0.3) is 0 Å². The standard InChI is InChI=1S/C60H109NO8/c1-6-8-10-12-14-16-18-19-20-21-22-23-24-25-26-27-28-29-30-31-32-33-34-35-36-37-38-39-41-43-45-47-49-51-58(63)69-56(55-68-60(59(64)65)66-53-52-61(3,4)5)54-67-57(62)50-48-46-44-42-40-17-15-13-11-9-7-2/h13,15,18-19,21-22,24-25,56,60H,6-12,14,16-17,20,23,26-55H2,1-5H3/b15-13-,19-18-,22-21-,25-24-. The summed E-state index contributed by atoms with van der Waals surface area (Å²) in [5.41, 5.74) is 0. The van der Waals surface area contributed by atoms with Gasteiger partial charge in [0.2, 0.25) is 0 Å². The lowest BCUT2D eigenvalue weighted by Crippen LogP contribution is -2.44. The van der Waals surface area contributed by atoms with Crippen LogP contribution in [0.25, 0.3) is 0 Å². The molecule has 0 N–H and O–H groups in total. The summed E-state index contributed by atoms with van der Waals surface area (Å²) >= 11 is 0. The van der Waals surface area contributed by atoms with Crippen LogP contribution in [0.15, 0.2) is 48.6 Å². The Hall–Kier alpha value is -2.75. The van der Waals surface area contributed by atoms with Gasteiger partial charge >= 0.3 is 11.9 Å². The Morgan fingerprint density at radius 1 is 0.435 bits per heavy atom. The molecule has 69 heavy (non-hydrogen) atoms. The normalized spacial score (nSPS) is 13.1. The molecule has 0 aromatic rings. The van der Waals surface area contributed by atoms with Crippen LogP contribution in [0.4, 0.5) is 0 Å². The van der Waals surface area contributed by atoms with E-state index in [1.807, 2.05) is 21.1 Å². The molecule has 402 valence electrons. The Labute approximate surface area is 425 Å². The van der Waals surface area contributed by atoms with E-state index < -0.39 is 24.3 Å². The highest BCUT2D eigenvalue weighted by Crippen LogP contribution is 2.16. The third-order valence-electron chi connectivity index (χ3n) is 12.5. The third kappa shape index (κ3) is 52.9. The van der Waals surface area contributed by atoms with Crippen molar-refractivity contribution in [1.29, 1.82) is 0 Å². The first-order valence-corrected chi connectivity index (χ1v) is 28.8. The number of likely N-dealkylation sites (N-methyl/N-ethyl adjacent to an activating group) is 1. The number of carbonyl (C=O) groups excluding carboxylic acids is 3. The number of aliphatic carboxylic acids is 1. The van der Waals surface area contributed by atoms with Crippen molar-refractivity contribution in [2.24, 2.45) is 0 Å². The van der Waals surface area contributed by atoms with Crippen LogP contribution in [0.2, 0.25) is 0 Å². The number of hydrogen-bond donors (Lipinski definition) is 0. The number of carboxylic acid groups (broad SMARTS) is 1. The highest BCUT2D eigenvalue weighted by molar-refractivity contribution is 5.70. The van der Waals surface area contributed by atoms with Crippen LogP contribution in [-0.2, 0) is 33.3 Å². The van der Waals surface area contributed by atoms with Crippen molar-refractivity contribution < 1.29 is 42.9 Å². The predicted octanol–water partition coefficient (Wildman–Crippen LogP) is 15.3. The first-order chi connectivity index (χ1) is 33.6. The maximum Gasteiger partial charge on any atom is 0.306 e. The Morgan fingerprint density at radius 3 is 1.22 bits per heavy atom. The molecule has 0 rings (SSSR count). The van der Waals surface area contributed by atoms with Crippen molar-refractivity contribution in [3.63, 3.8) is 0 Å². The van der Waals surface area contributed by atoms with Gasteiger partial charge in [-0.15, -0.1) is 0 Å². The van der Waals surface area contributed by atoms with E-state index in [-0.39, 0.29) is 38.6 Å².